The average molecular weight is 288 g/mol. The fourth-order valence-corrected chi connectivity index (χ4v) is 2.59. The Morgan fingerprint density at radius 3 is 2.45 bits per heavy atom. The average Bonchev–Trinajstić information content (AvgIpc) is 2.59. The molecule has 1 heteroatoms. The maximum absolute atomic E-state index is 5.72. The molecule has 0 bridgehead atoms. The molecule has 0 saturated heterocycles. The summed E-state index contributed by atoms with van der Waals surface area (Å²) in [5.41, 5.74) is 2.56. The van der Waals surface area contributed by atoms with Crippen molar-refractivity contribution in [2.24, 2.45) is 0 Å². The summed E-state index contributed by atoms with van der Waals surface area (Å²) >= 11 is 0. The molecular weight excluding hydrogens is 268 g/mol. The summed E-state index contributed by atoms with van der Waals surface area (Å²) in [6.07, 6.45) is 5.11. The minimum Gasteiger partial charge on any atom is -0.377 e. The molecule has 3 rings (SSSR count). The molecule has 0 aromatic heterocycles. The summed E-state index contributed by atoms with van der Waals surface area (Å²) in [5, 5.41) is 2.62. The first kappa shape index (κ1) is 14.6. The summed E-state index contributed by atoms with van der Waals surface area (Å²) in [6, 6.07) is 25.3. The molecular formula is C21H20O. The van der Waals surface area contributed by atoms with Crippen molar-refractivity contribution in [3.63, 3.8) is 0 Å². The van der Waals surface area contributed by atoms with E-state index in [1.807, 2.05) is 18.2 Å². The third-order valence-electron chi connectivity index (χ3n) is 3.72. The van der Waals surface area contributed by atoms with Crippen molar-refractivity contribution in [1.29, 1.82) is 0 Å². The van der Waals surface area contributed by atoms with E-state index in [1.54, 1.807) is 0 Å². The second-order valence-electron chi connectivity index (χ2n) is 5.28. The van der Waals surface area contributed by atoms with E-state index in [1.165, 1.54) is 21.9 Å². The van der Waals surface area contributed by atoms with Gasteiger partial charge in [0, 0.05) is 0 Å². The van der Waals surface area contributed by atoms with E-state index in [4.69, 9.17) is 4.74 Å². The normalized spacial score (nSPS) is 11.3. The Hall–Kier alpha value is -2.38. The summed E-state index contributed by atoms with van der Waals surface area (Å²) < 4.78 is 5.72. The zero-order valence-corrected chi connectivity index (χ0v) is 12.6. The van der Waals surface area contributed by atoms with Crippen molar-refractivity contribution in [3.8, 4) is 0 Å². The smallest absolute Gasteiger partial charge is 0.0650 e. The second kappa shape index (κ2) is 7.58. The summed E-state index contributed by atoms with van der Waals surface area (Å²) in [6.45, 7) is 1.40. The minimum absolute atomic E-state index is 0.652. The van der Waals surface area contributed by atoms with Gasteiger partial charge in [-0.2, -0.15) is 0 Å². The summed E-state index contributed by atoms with van der Waals surface area (Å²) in [7, 11) is 0. The van der Waals surface area contributed by atoms with E-state index < -0.39 is 0 Å². The Kier molecular flexibility index (Phi) is 5.01. The van der Waals surface area contributed by atoms with Gasteiger partial charge in [-0.25, -0.2) is 0 Å². The van der Waals surface area contributed by atoms with Gasteiger partial charge in [0.05, 0.1) is 13.2 Å². The van der Waals surface area contributed by atoms with Crippen LogP contribution in [0.25, 0.3) is 16.8 Å². The van der Waals surface area contributed by atoms with E-state index in [0.717, 1.165) is 13.0 Å². The summed E-state index contributed by atoms with van der Waals surface area (Å²) in [5.74, 6) is 0. The first-order valence-corrected chi connectivity index (χ1v) is 7.69. The fraction of sp³-hybridized carbons (Fsp3) is 0.143. The third-order valence-corrected chi connectivity index (χ3v) is 3.72. The van der Waals surface area contributed by atoms with Crippen molar-refractivity contribution in [1.82, 2.24) is 0 Å². The molecule has 3 aromatic carbocycles. The van der Waals surface area contributed by atoms with Crippen molar-refractivity contribution in [2.45, 2.75) is 6.42 Å². The van der Waals surface area contributed by atoms with E-state index in [-0.39, 0.29) is 0 Å². The molecule has 0 unspecified atom stereocenters. The predicted octanol–water partition coefficient (Wildman–Crippen LogP) is 5.11. The second-order valence-corrected chi connectivity index (χ2v) is 5.28. The highest BCUT2D eigenvalue weighted by Crippen LogP contribution is 2.18. The first-order chi connectivity index (χ1) is 10.9. The van der Waals surface area contributed by atoms with Gasteiger partial charge in [-0.05, 0) is 28.3 Å². The van der Waals surface area contributed by atoms with Gasteiger partial charge in [0.15, 0.2) is 0 Å². The molecule has 0 N–H and O–H groups in total. The molecule has 0 heterocycles. The molecule has 110 valence electrons. The van der Waals surface area contributed by atoms with Crippen LogP contribution in [-0.4, -0.2) is 13.2 Å². The first-order valence-electron chi connectivity index (χ1n) is 7.69. The minimum atomic E-state index is 0.652. The number of hydrogen-bond donors (Lipinski definition) is 0. The Bertz CT molecular complexity index is 739. The highest BCUT2D eigenvalue weighted by atomic mass is 16.5. The van der Waals surface area contributed by atoms with E-state index in [9.17, 15) is 0 Å². The number of hydrogen-bond acceptors (Lipinski definition) is 1. The van der Waals surface area contributed by atoms with Gasteiger partial charge >= 0.3 is 0 Å². The van der Waals surface area contributed by atoms with Crippen LogP contribution in [0.5, 0.6) is 0 Å². The van der Waals surface area contributed by atoms with Crippen LogP contribution in [0.1, 0.15) is 11.1 Å². The topological polar surface area (TPSA) is 9.23 Å². The Balaban J connectivity index is 1.50. The third kappa shape index (κ3) is 3.84. The van der Waals surface area contributed by atoms with E-state index in [2.05, 4.69) is 66.7 Å². The van der Waals surface area contributed by atoms with Gasteiger partial charge < -0.3 is 4.74 Å². The van der Waals surface area contributed by atoms with Crippen LogP contribution in [0.4, 0.5) is 0 Å². The number of benzene rings is 3. The lowest BCUT2D eigenvalue weighted by atomic mass is 10.0. The van der Waals surface area contributed by atoms with Gasteiger partial charge in [0.25, 0.3) is 0 Å². The van der Waals surface area contributed by atoms with E-state index >= 15 is 0 Å². The van der Waals surface area contributed by atoms with Crippen molar-refractivity contribution < 1.29 is 4.74 Å². The van der Waals surface area contributed by atoms with Crippen molar-refractivity contribution in [2.75, 3.05) is 13.2 Å². The molecule has 0 amide bonds. The SMILES string of the molecule is C(=C\c1ccccc1)/COCCc1cccc2ccccc12. The monoisotopic (exact) mass is 288 g/mol. The van der Waals surface area contributed by atoms with Crippen molar-refractivity contribution >= 4 is 16.8 Å². The van der Waals surface area contributed by atoms with Crippen LogP contribution in [0.2, 0.25) is 0 Å². The van der Waals surface area contributed by atoms with Crippen LogP contribution in [0.15, 0.2) is 78.9 Å². The zero-order valence-electron chi connectivity index (χ0n) is 12.6. The largest absolute Gasteiger partial charge is 0.377 e. The molecule has 22 heavy (non-hydrogen) atoms. The summed E-state index contributed by atoms with van der Waals surface area (Å²) in [4.78, 5) is 0. The maximum atomic E-state index is 5.72. The highest BCUT2D eigenvalue weighted by molar-refractivity contribution is 5.85. The van der Waals surface area contributed by atoms with Crippen LogP contribution in [-0.2, 0) is 11.2 Å². The van der Waals surface area contributed by atoms with Gasteiger partial charge in [-0.1, -0.05) is 84.9 Å². The molecule has 0 aliphatic heterocycles. The van der Waals surface area contributed by atoms with Gasteiger partial charge in [0.1, 0.15) is 0 Å². The maximum Gasteiger partial charge on any atom is 0.0650 e. The highest BCUT2D eigenvalue weighted by Gasteiger charge is 1.99. The number of ether oxygens (including phenoxy) is 1. The predicted molar refractivity (Wildman–Crippen MR) is 93.9 cm³/mol. The molecule has 0 aliphatic carbocycles. The lowest BCUT2D eigenvalue weighted by Crippen LogP contribution is -1.99. The standard InChI is InChI=1S/C21H20O/c1-2-8-18(9-3-1)10-7-16-22-17-15-20-13-6-12-19-11-4-5-14-21(19)20/h1-14H,15-17H2/b10-7+. The van der Waals surface area contributed by atoms with Gasteiger partial charge in [-0.15, -0.1) is 0 Å². The zero-order chi connectivity index (χ0) is 15.0. The number of fused-ring (bicyclic) bond motifs is 1. The van der Waals surface area contributed by atoms with Gasteiger partial charge in [0.2, 0.25) is 0 Å². The lowest BCUT2D eigenvalue weighted by molar-refractivity contribution is 0.166. The van der Waals surface area contributed by atoms with E-state index in [0.29, 0.717) is 6.61 Å². The van der Waals surface area contributed by atoms with Crippen LogP contribution >= 0.6 is 0 Å². The number of rotatable bonds is 6. The quantitative estimate of drug-likeness (QED) is 0.573. The molecule has 0 radical (unpaired) electrons. The molecule has 0 fully saturated rings. The Morgan fingerprint density at radius 1 is 0.773 bits per heavy atom. The van der Waals surface area contributed by atoms with Crippen molar-refractivity contribution in [3.05, 3.63) is 90.0 Å². The van der Waals surface area contributed by atoms with Crippen LogP contribution in [0.3, 0.4) is 0 Å². The molecule has 1 nitrogen and oxygen atoms in total. The lowest BCUT2D eigenvalue weighted by Gasteiger charge is -2.06. The molecule has 0 saturated carbocycles. The van der Waals surface area contributed by atoms with Crippen LogP contribution in [0, 0.1) is 0 Å². The molecule has 0 atom stereocenters. The van der Waals surface area contributed by atoms with Gasteiger partial charge in [-0.3, -0.25) is 0 Å². The Morgan fingerprint density at radius 2 is 1.55 bits per heavy atom. The molecule has 3 aromatic rings. The molecule has 0 spiro atoms. The van der Waals surface area contributed by atoms with Crippen LogP contribution < -0.4 is 0 Å². The molecule has 0 aliphatic rings. The fourth-order valence-electron chi connectivity index (χ4n) is 2.59. The Labute approximate surface area is 131 Å².